The van der Waals surface area contributed by atoms with Crippen LogP contribution in [0.3, 0.4) is 0 Å². The Morgan fingerprint density at radius 2 is 2.53 bits per heavy atom. The van der Waals surface area contributed by atoms with Gasteiger partial charge >= 0.3 is 0 Å². The summed E-state index contributed by atoms with van der Waals surface area (Å²) < 4.78 is 6.42. The number of rotatable bonds is 4. The second kappa shape index (κ2) is 6.10. The highest BCUT2D eigenvalue weighted by atomic mass is 79.9. The van der Waals surface area contributed by atoms with E-state index in [2.05, 4.69) is 32.3 Å². The van der Waals surface area contributed by atoms with Crippen LogP contribution in [0.5, 0.6) is 0 Å². The normalized spacial score (nSPS) is 21.1. The summed E-state index contributed by atoms with van der Waals surface area (Å²) in [6.45, 7) is 1.54. The summed E-state index contributed by atoms with van der Waals surface area (Å²) in [5, 5.41) is 12.3. The first kappa shape index (κ1) is 12.5. The third-order valence-electron chi connectivity index (χ3n) is 2.75. The summed E-state index contributed by atoms with van der Waals surface area (Å²) in [5.74, 6) is 0. The van der Waals surface area contributed by atoms with Gasteiger partial charge in [0.1, 0.15) is 6.04 Å². The van der Waals surface area contributed by atoms with Gasteiger partial charge in [-0.2, -0.15) is 5.26 Å². The van der Waals surface area contributed by atoms with Crippen molar-refractivity contribution in [1.29, 1.82) is 5.26 Å². The maximum atomic E-state index is 9.12. The molecule has 1 saturated heterocycles. The first-order valence-electron chi connectivity index (χ1n) is 5.65. The molecule has 2 rings (SSSR count). The van der Waals surface area contributed by atoms with Gasteiger partial charge < -0.3 is 4.74 Å². The lowest BCUT2D eigenvalue weighted by Crippen LogP contribution is -2.29. The van der Waals surface area contributed by atoms with Crippen LogP contribution in [-0.2, 0) is 4.74 Å². The molecule has 4 nitrogen and oxygen atoms in total. The molecule has 0 saturated carbocycles. The van der Waals surface area contributed by atoms with Crippen molar-refractivity contribution >= 4 is 15.9 Å². The molecular weight excluding hydrogens is 282 g/mol. The SMILES string of the molecule is N#CC(NCC1CCCO1)c1ccc(Br)cn1. The quantitative estimate of drug-likeness (QED) is 0.925. The van der Waals surface area contributed by atoms with Gasteiger partial charge in [0.05, 0.1) is 17.9 Å². The van der Waals surface area contributed by atoms with Gasteiger partial charge in [0.2, 0.25) is 0 Å². The van der Waals surface area contributed by atoms with Crippen LogP contribution in [0.4, 0.5) is 0 Å². The van der Waals surface area contributed by atoms with Crippen molar-refractivity contribution < 1.29 is 4.74 Å². The molecule has 0 aromatic carbocycles. The Bertz CT molecular complexity index is 395. The molecule has 1 aliphatic rings. The van der Waals surface area contributed by atoms with E-state index in [1.165, 1.54) is 0 Å². The van der Waals surface area contributed by atoms with Crippen LogP contribution in [0.15, 0.2) is 22.8 Å². The number of nitrogens with one attached hydrogen (secondary N) is 1. The minimum absolute atomic E-state index is 0.237. The van der Waals surface area contributed by atoms with Gasteiger partial charge in [-0.05, 0) is 40.9 Å². The molecule has 1 fully saturated rings. The van der Waals surface area contributed by atoms with Gasteiger partial charge in [-0.1, -0.05) is 0 Å². The highest BCUT2D eigenvalue weighted by molar-refractivity contribution is 9.10. The van der Waals surface area contributed by atoms with Crippen molar-refractivity contribution in [2.24, 2.45) is 0 Å². The first-order valence-corrected chi connectivity index (χ1v) is 6.45. The standard InChI is InChI=1S/C12H14BrN3O/c13-9-3-4-11(15-7-9)12(6-14)16-8-10-2-1-5-17-10/h3-4,7,10,12,16H,1-2,5,8H2. The lowest BCUT2D eigenvalue weighted by atomic mass is 10.2. The lowest BCUT2D eigenvalue weighted by Gasteiger charge is -2.14. The van der Waals surface area contributed by atoms with E-state index in [0.717, 1.165) is 29.6 Å². The average molecular weight is 296 g/mol. The Hall–Kier alpha value is -0.960. The Kier molecular flexibility index (Phi) is 4.49. The Labute approximate surface area is 109 Å². The molecular formula is C12H14BrN3O. The number of halogens is 1. The van der Waals surface area contributed by atoms with Crippen molar-refractivity contribution in [2.75, 3.05) is 13.2 Å². The molecule has 0 radical (unpaired) electrons. The smallest absolute Gasteiger partial charge is 0.138 e. The summed E-state index contributed by atoms with van der Waals surface area (Å²) in [7, 11) is 0. The van der Waals surface area contributed by atoms with E-state index in [9.17, 15) is 0 Å². The molecule has 1 aromatic rings. The second-order valence-electron chi connectivity index (χ2n) is 4.01. The molecule has 1 aromatic heterocycles. The van der Waals surface area contributed by atoms with Gasteiger partial charge in [0, 0.05) is 23.8 Å². The number of aromatic nitrogens is 1. The third-order valence-corrected chi connectivity index (χ3v) is 3.22. The maximum Gasteiger partial charge on any atom is 0.138 e. The van der Waals surface area contributed by atoms with Crippen LogP contribution in [-0.4, -0.2) is 24.2 Å². The Morgan fingerprint density at radius 1 is 1.65 bits per heavy atom. The van der Waals surface area contributed by atoms with E-state index >= 15 is 0 Å². The molecule has 0 amide bonds. The number of nitriles is 1. The monoisotopic (exact) mass is 295 g/mol. The zero-order chi connectivity index (χ0) is 12.1. The fourth-order valence-corrected chi connectivity index (χ4v) is 2.06. The molecule has 5 heteroatoms. The summed E-state index contributed by atoms with van der Waals surface area (Å²) in [6, 6.07) is 5.59. The van der Waals surface area contributed by atoms with Crippen LogP contribution in [0.25, 0.3) is 0 Å². The molecule has 1 N–H and O–H groups in total. The molecule has 2 heterocycles. The predicted octanol–water partition coefficient (Wildman–Crippen LogP) is 2.18. The van der Waals surface area contributed by atoms with Crippen molar-refractivity contribution in [1.82, 2.24) is 10.3 Å². The van der Waals surface area contributed by atoms with E-state index in [-0.39, 0.29) is 12.1 Å². The highest BCUT2D eigenvalue weighted by Gasteiger charge is 2.18. The zero-order valence-electron chi connectivity index (χ0n) is 9.40. The molecule has 0 spiro atoms. The minimum Gasteiger partial charge on any atom is -0.377 e. The molecule has 0 bridgehead atoms. The summed E-state index contributed by atoms with van der Waals surface area (Å²) in [4.78, 5) is 4.22. The predicted molar refractivity (Wildman–Crippen MR) is 67.3 cm³/mol. The molecule has 2 atom stereocenters. The molecule has 2 unspecified atom stereocenters. The Morgan fingerprint density at radius 3 is 3.12 bits per heavy atom. The van der Waals surface area contributed by atoms with E-state index in [4.69, 9.17) is 10.00 Å². The van der Waals surface area contributed by atoms with Crippen molar-refractivity contribution in [3.63, 3.8) is 0 Å². The van der Waals surface area contributed by atoms with Crippen LogP contribution in [0.2, 0.25) is 0 Å². The van der Waals surface area contributed by atoms with E-state index < -0.39 is 0 Å². The van der Waals surface area contributed by atoms with Crippen LogP contribution < -0.4 is 5.32 Å². The summed E-state index contributed by atoms with van der Waals surface area (Å²) >= 11 is 3.32. The highest BCUT2D eigenvalue weighted by Crippen LogP contribution is 2.15. The summed E-state index contributed by atoms with van der Waals surface area (Å²) in [5.41, 5.74) is 0.744. The Balaban J connectivity index is 1.92. The number of nitrogens with zero attached hydrogens (tertiary/aromatic N) is 2. The van der Waals surface area contributed by atoms with E-state index in [1.807, 2.05) is 12.1 Å². The zero-order valence-corrected chi connectivity index (χ0v) is 11.0. The molecule has 17 heavy (non-hydrogen) atoms. The van der Waals surface area contributed by atoms with Gasteiger partial charge in [0.15, 0.2) is 0 Å². The van der Waals surface area contributed by atoms with E-state index in [1.54, 1.807) is 6.20 Å². The number of ether oxygens (including phenoxy) is 1. The fraction of sp³-hybridized carbons (Fsp3) is 0.500. The van der Waals surface area contributed by atoms with E-state index in [0.29, 0.717) is 6.54 Å². The molecule has 90 valence electrons. The number of hydrogen-bond donors (Lipinski definition) is 1. The van der Waals surface area contributed by atoms with Crippen LogP contribution in [0.1, 0.15) is 24.6 Å². The minimum atomic E-state index is -0.368. The van der Waals surface area contributed by atoms with Gasteiger partial charge in [-0.15, -0.1) is 0 Å². The largest absolute Gasteiger partial charge is 0.377 e. The van der Waals surface area contributed by atoms with Crippen molar-refractivity contribution in [2.45, 2.75) is 25.0 Å². The molecule has 1 aliphatic heterocycles. The summed E-state index contributed by atoms with van der Waals surface area (Å²) in [6.07, 6.45) is 4.12. The third kappa shape index (κ3) is 3.50. The maximum absolute atomic E-state index is 9.12. The fourth-order valence-electron chi connectivity index (χ4n) is 1.83. The van der Waals surface area contributed by atoms with Crippen molar-refractivity contribution in [3.8, 4) is 6.07 Å². The molecule has 0 aliphatic carbocycles. The second-order valence-corrected chi connectivity index (χ2v) is 4.92. The lowest BCUT2D eigenvalue weighted by molar-refractivity contribution is 0.109. The van der Waals surface area contributed by atoms with Gasteiger partial charge in [-0.25, -0.2) is 0 Å². The topological polar surface area (TPSA) is 57.9 Å². The van der Waals surface area contributed by atoms with Crippen molar-refractivity contribution in [3.05, 3.63) is 28.5 Å². The van der Waals surface area contributed by atoms with Gasteiger partial charge in [-0.3, -0.25) is 10.3 Å². The number of hydrogen-bond acceptors (Lipinski definition) is 4. The van der Waals surface area contributed by atoms with Crippen LogP contribution >= 0.6 is 15.9 Å². The van der Waals surface area contributed by atoms with Gasteiger partial charge in [0.25, 0.3) is 0 Å². The number of pyridine rings is 1. The first-order chi connectivity index (χ1) is 8.29. The van der Waals surface area contributed by atoms with Crippen LogP contribution in [0, 0.1) is 11.3 Å². The average Bonchev–Trinajstić information content (AvgIpc) is 2.85.